The van der Waals surface area contributed by atoms with Crippen molar-refractivity contribution in [1.82, 2.24) is 0 Å². The number of nitrogens with two attached hydrogens (primary N) is 1. The summed E-state index contributed by atoms with van der Waals surface area (Å²) >= 11 is 1.54. The summed E-state index contributed by atoms with van der Waals surface area (Å²) in [5, 5.41) is 3.30. The van der Waals surface area contributed by atoms with Crippen LogP contribution in [0.3, 0.4) is 0 Å². The molecule has 1 aliphatic heterocycles. The summed E-state index contributed by atoms with van der Waals surface area (Å²) in [6, 6.07) is 12.0. The average Bonchev–Trinajstić information content (AvgIpc) is 2.58. The smallest absolute Gasteiger partial charge is 0.255 e. The highest BCUT2D eigenvalue weighted by Crippen LogP contribution is 2.35. The number of nitrogens with one attached hydrogen (secondary N) is 1. The highest BCUT2D eigenvalue weighted by atomic mass is 32.2. The number of benzene rings is 2. The zero-order valence-corrected chi connectivity index (χ0v) is 15.0. The topological polar surface area (TPSA) is 67.5 Å². The molecule has 2 aromatic rings. The number of amides is 1. The van der Waals surface area contributed by atoms with E-state index in [1.807, 2.05) is 25.1 Å². The fraction of sp³-hybridized carbons (Fsp3) is 0.263. The Balaban J connectivity index is 1.84. The lowest BCUT2D eigenvalue weighted by Gasteiger charge is -2.30. The van der Waals surface area contributed by atoms with E-state index in [-0.39, 0.29) is 11.7 Å². The molecule has 0 bridgehead atoms. The molecule has 1 heterocycles. The second kappa shape index (κ2) is 6.88. The molecule has 0 aliphatic carbocycles. The molecule has 0 saturated heterocycles. The van der Waals surface area contributed by atoms with E-state index in [1.54, 1.807) is 36.9 Å². The number of anilines is 1. The number of carbonyl (C=O) groups is 1. The van der Waals surface area contributed by atoms with Gasteiger partial charge in [-0.15, -0.1) is 0 Å². The van der Waals surface area contributed by atoms with Crippen molar-refractivity contribution in [3.63, 3.8) is 0 Å². The van der Waals surface area contributed by atoms with E-state index < -0.39 is 5.54 Å². The van der Waals surface area contributed by atoms with Crippen LogP contribution in [0.1, 0.15) is 34.8 Å². The normalized spacial score (nSPS) is 20.0. The lowest BCUT2D eigenvalue weighted by Crippen LogP contribution is -2.29. The van der Waals surface area contributed by atoms with E-state index >= 15 is 0 Å². The maximum Gasteiger partial charge on any atom is 0.255 e. The molecule has 130 valence electrons. The molecule has 1 aliphatic rings. The lowest BCUT2D eigenvalue weighted by molar-refractivity contribution is 0.102. The molecule has 4 nitrogen and oxygen atoms in total. The van der Waals surface area contributed by atoms with Crippen molar-refractivity contribution in [3.05, 3.63) is 65.0 Å². The summed E-state index contributed by atoms with van der Waals surface area (Å²) in [7, 11) is 0. The van der Waals surface area contributed by atoms with Gasteiger partial charge in [-0.3, -0.25) is 9.79 Å². The molecule has 1 atom stereocenters. The summed E-state index contributed by atoms with van der Waals surface area (Å²) in [6.07, 6.45) is 0.854. The van der Waals surface area contributed by atoms with E-state index in [0.29, 0.717) is 22.0 Å². The van der Waals surface area contributed by atoms with Crippen LogP contribution < -0.4 is 11.1 Å². The van der Waals surface area contributed by atoms with Gasteiger partial charge in [-0.1, -0.05) is 30.0 Å². The van der Waals surface area contributed by atoms with Gasteiger partial charge in [-0.25, -0.2) is 4.39 Å². The van der Waals surface area contributed by atoms with E-state index in [9.17, 15) is 9.18 Å². The van der Waals surface area contributed by atoms with Gasteiger partial charge in [0.1, 0.15) is 5.82 Å². The molecule has 0 saturated carbocycles. The Kier molecular flexibility index (Phi) is 4.81. The van der Waals surface area contributed by atoms with Crippen molar-refractivity contribution in [2.24, 2.45) is 10.7 Å². The van der Waals surface area contributed by atoms with Crippen LogP contribution in [0.5, 0.6) is 0 Å². The highest BCUT2D eigenvalue weighted by Gasteiger charge is 2.29. The molecule has 0 radical (unpaired) electrons. The first kappa shape index (κ1) is 17.5. The van der Waals surface area contributed by atoms with Crippen molar-refractivity contribution in [2.45, 2.75) is 25.8 Å². The Labute approximate surface area is 150 Å². The number of aryl methyl sites for hydroxylation is 1. The number of carbonyl (C=O) groups excluding carboxylic acids is 1. The molecular formula is C19H20FN3OS. The molecule has 0 fully saturated rings. The Bertz CT molecular complexity index is 852. The molecule has 2 aromatic carbocycles. The molecule has 0 spiro atoms. The number of rotatable bonds is 3. The maximum absolute atomic E-state index is 13.6. The number of amidine groups is 1. The van der Waals surface area contributed by atoms with Crippen LogP contribution in [0.25, 0.3) is 0 Å². The van der Waals surface area contributed by atoms with Crippen LogP contribution in [-0.4, -0.2) is 16.8 Å². The minimum absolute atomic E-state index is 0.282. The van der Waals surface area contributed by atoms with Crippen molar-refractivity contribution in [2.75, 3.05) is 11.1 Å². The predicted octanol–water partition coefficient (Wildman–Crippen LogP) is 4.05. The van der Waals surface area contributed by atoms with Gasteiger partial charge in [0.05, 0.1) is 5.54 Å². The number of hydrogen-bond acceptors (Lipinski definition) is 4. The lowest BCUT2D eigenvalue weighted by atomic mass is 9.88. The van der Waals surface area contributed by atoms with Crippen molar-refractivity contribution >= 4 is 28.5 Å². The minimum Gasteiger partial charge on any atom is -0.379 e. The van der Waals surface area contributed by atoms with Crippen LogP contribution in [-0.2, 0) is 5.54 Å². The van der Waals surface area contributed by atoms with E-state index in [2.05, 4.69) is 10.3 Å². The van der Waals surface area contributed by atoms with Crippen molar-refractivity contribution in [1.29, 1.82) is 0 Å². The van der Waals surface area contributed by atoms with Gasteiger partial charge in [0.2, 0.25) is 0 Å². The molecule has 1 unspecified atom stereocenters. The monoisotopic (exact) mass is 357 g/mol. The SMILES string of the molecule is Cc1ccc(NC(=O)c2cccc(C3(C)CCSC(N)=N3)c2)cc1F. The third-order valence-corrected chi connectivity index (χ3v) is 5.17. The zero-order valence-electron chi connectivity index (χ0n) is 14.2. The first-order chi connectivity index (χ1) is 11.9. The summed E-state index contributed by atoms with van der Waals surface area (Å²) in [5.41, 5.74) is 7.86. The summed E-state index contributed by atoms with van der Waals surface area (Å²) < 4.78 is 13.6. The third kappa shape index (κ3) is 3.85. The summed E-state index contributed by atoms with van der Waals surface area (Å²) in [5.74, 6) is 0.268. The first-order valence-electron chi connectivity index (χ1n) is 8.03. The molecule has 3 N–H and O–H groups in total. The zero-order chi connectivity index (χ0) is 18.0. The second-order valence-corrected chi connectivity index (χ2v) is 7.44. The fourth-order valence-electron chi connectivity index (χ4n) is 2.76. The molecule has 1 amide bonds. The van der Waals surface area contributed by atoms with Crippen LogP contribution in [0.15, 0.2) is 47.5 Å². The molecular weight excluding hydrogens is 337 g/mol. The molecule has 6 heteroatoms. The van der Waals surface area contributed by atoms with Gasteiger partial charge < -0.3 is 11.1 Å². The van der Waals surface area contributed by atoms with E-state index in [0.717, 1.165) is 17.7 Å². The van der Waals surface area contributed by atoms with Crippen LogP contribution in [0.4, 0.5) is 10.1 Å². The number of hydrogen-bond donors (Lipinski definition) is 2. The Morgan fingerprint density at radius 2 is 2.12 bits per heavy atom. The minimum atomic E-state index is -0.429. The van der Waals surface area contributed by atoms with Gasteiger partial charge in [0.25, 0.3) is 5.91 Å². The van der Waals surface area contributed by atoms with Crippen molar-refractivity contribution < 1.29 is 9.18 Å². The van der Waals surface area contributed by atoms with Crippen LogP contribution in [0, 0.1) is 12.7 Å². The number of aliphatic imine (C=N–C) groups is 1. The quantitative estimate of drug-likeness (QED) is 0.871. The number of thioether (sulfide) groups is 1. The standard InChI is InChI=1S/C19H20FN3OS/c1-12-6-7-15(11-16(12)20)22-17(24)13-4-3-5-14(10-13)19(2)8-9-25-18(21)23-19/h3-7,10-11H,8-9H2,1-2H3,(H2,21,23)(H,22,24). The van der Waals surface area contributed by atoms with E-state index in [1.165, 1.54) is 6.07 Å². The molecule has 0 aromatic heterocycles. The molecule has 3 rings (SSSR count). The van der Waals surface area contributed by atoms with Gasteiger partial charge in [0, 0.05) is 17.0 Å². The summed E-state index contributed by atoms with van der Waals surface area (Å²) in [6.45, 7) is 3.70. The number of nitrogens with zero attached hydrogens (tertiary/aromatic N) is 1. The Morgan fingerprint density at radius 3 is 2.84 bits per heavy atom. The van der Waals surface area contributed by atoms with Crippen molar-refractivity contribution in [3.8, 4) is 0 Å². The first-order valence-corrected chi connectivity index (χ1v) is 9.02. The highest BCUT2D eigenvalue weighted by molar-refractivity contribution is 8.13. The molecule has 25 heavy (non-hydrogen) atoms. The third-order valence-electron chi connectivity index (χ3n) is 4.37. The largest absolute Gasteiger partial charge is 0.379 e. The Hall–Kier alpha value is -2.34. The van der Waals surface area contributed by atoms with Gasteiger partial charge in [-0.2, -0.15) is 0 Å². The van der Waals surface area contributed by atoms with E-state index in [4.69, 9.17) is 5.73 Å². The number of halogens is 1. The summed E-state index contributed by atoms with van der Waals surface area (Å²) in [4.78, 5) is 17.1. The van der Waals surface area contributed by atoms with Crippen LogP contribution >= 0.6 is 11.8 Å². The van der Waals surface area contributed by atoms with Gasteiger partial charge >= 0.3 is 0 Å². The fourth-order valence-corrected chi connectivity index (χ4v) is 3.74. The van der Waals surface area contributed by atoms with Crippen LogP contribution in [0.2, 0.25) is 0 Å². The maximum atomic E-state index is 13.6. The second-order valence-electron chi connectivity index (χ2n) is 6.32. The predicted molar refractivity (Wildman–Crippen MR) is 102 cm³/mol. The average molecular weight is 357 g/mol. The van der Waals surface area contributed by atoms with Gasteiger partial charge in [0.15, 0.2) is 5.17 Å². The van der Waals surface area contributed by atoms with Gasteiger partial charge in [-0.05, 0) is 55.7 Å². The Morgan fingerprint density at radius 1 is 1.32 bits per heavy atom.